The number of carbonyl (C=O) groups excluding carboxylic acids is 1. The van der Waals surface area contributed by atoms with Crippen LogP contribution >= 0.6 is 0 Å². The van der Waals surface area contributed by atoms with Gasteiger partial charge in [0.1, 0.15) is 5.75 Å². The van der Waals surface area contributed by atoms with Gasteiger partial charge in [-0.1, -0.05) is 18.2 Å². The Morgan fingerprint density at radius 2 is 2.00 bits per heavy atom. The number of nitrogens with zero attached hydrogens (tertiary/aromatic N) is 1. The fraction of sp³-hybridized carbons (Fsp3) is 0.276. The van der Waals surface area contributed by atoms with E-state index in [0.29, 0.717) is 24.8 Å². The van der Waals surface area contributed by atoms with Crippen molar-refractivity contribution in [2.24, 2.45) is 0 Å². The molecular formula is C29H32N4O2. The molecule has 0 saturated carbocycles. The SMILES string of the molecule is CNCCCOc1cc(C(=O)N2CC[C@H](C)Nc3ccccc32)ccc1-c1ccc2[nH]ccc2c1. The molecule has 1 amide bonds. The van der Waals surface area contributed by atoms with Crippen molar-refractivity contribution in [3.8, 4) is 16.9 Å². The van der Waals surface area contributed by atoms with E-state index in [1.54, 1.807) is 0 Å². The zero-order valence-corrected chi connectivity index (χ0v) is 20.3. The number of aromatic nitrogens is 1. The van der Waals surface area contributed by atoms with E-state index in [4.69, 9.17) is 4.74 Å². The minimum atomic E-state index is -0.0129. The summed E-state index contributed by atoms with van der Waals surface area (Å²) in [5, 5.41) is 7.83. The second-order valence-electron chi connectivity index (χ2n) is 9.10. The monoisotopic (exact) mass is 468 g/mol. The van der Waals surface area contributed by atoms with Gasteiger partial charge in [0.05, 0.1) is 18.0 Å². The van der Waals surface area contributed by atoms with Crippen LogP contribution < -0.4 is 20.3 Å². The van der Waals surface area contributed by atoms with Crippen molar-refractivity contribution in [2.45, 2.75) is 25.8 Å². The minimum Gasteiger partial charge on any atom is -0.493 e. The van der Waals surface area contributed by atoms with Crippen LogP contribution in [0.25, 0.3) is 22.0 Å². The third kappa shape index (κ3) is 4.88. The number of nitrogens with one attached hydrogen (secondary N) is 3. The van der Waals surface area contributed by atoms with E-state index in [-0.39, 0.29) is 5.91 Å². The van der Waals surface area contributed by atoms with E-state index in [1.165, 1.54) is 0 Å². The summed E-state index contributed by atoms with van der Waals surface area (Å²) in [6, 6.07) is 22.5. The number of rotatable bonds is 7. The van der Waals surface area contributed by atoms with Crippen molar-refractivity contribution in [2.75, 3.05) is 37.0 Å². The maximum Gasteiger partial charge on any atom is 0.258 e. The first kappa shape index (κ1) is 23.0. The molecule has 1 aliphatic rings. The Labute approximate surface area is 206 Å². The summed E-state index contributed by atoms with van der Waals surface area (Å²) in [5.41, 5.74) is 5.69. The molecule has 0 unspecified atom stereocenters. The lowest BCUT2D eigenvalue weighted by molar-refractivity contribution is 0.0986. The number of aromatic amines is 1. The lowest BCUT2D eigenvalue weighted by atomic mass is 10.0. The molecule has 5 rings (SSSR count). The van der Waals surface area contributed by atoms with Crippen LogP contribution in [-0.4, -0.2) is 43.7 Å². The molecule has 0 radical (unpaired) electrons. The van der Waals surface area contributed by atoms with Gasteiger partial charge in [0.25, 0.3) is 5.91 Å². The van der Waals surface area contributed by atoms with E-state index in [1.807, 2.05) is 60.6 Å². The highest BCUT2D eigenvalue weighted by Gasteiger charge is 2.25. The summed E-state index contributed by atoms with van der Waals surface area (Å²) >= 11 is 0. The van der Waals surface area contributed by atoms with Crippen LogP contribution in [0.15, 0.2) is 72.9 Å². The van der Waals surface area contributed by atoms with E-state index in [0.717, 1.165) is 58.5 Å². The first-order valence-corrected chi connectivity index (χ1v) is 12.3. The molecule has 0 fully saturated rings. The van der Waals surface area contributed by atoms with Gasteiger partial charge in [-0.15, -0.1) is 0 Å². The number of amides is 1. The number of hydrogen-bond acceptors (Lipinski definition) is 4. The third-order valence-corrected chi connectivity index (χ3v) is 6.55. The number of carbonyl (C=O) groups is 1. The van der Waals surface area contributed by atoms with Gasteiger partial charge in [-0.05, 0) is 92.8 Å². The summed E-state index contributed by atoms with van der Waals surface area (Å²) in [5.74, 6) is 0.720. The Morgan fingerprint density at radius 3 is 2.89 bits per heavy atom. The van der Waals surface area contributed by atoms with E-state index >= 15 is 0 Å². The highest BCUT2D eigenvalue weighted by atomic mass is 16.5. The molecule has 4 aromatic rings. The lowest BCUT2D eigenvalue weighted by Gasteiger charge is -2.23. The number of fused-ring (bicyclic) bond motifs is 2. The summed E-state index contributed by atoms with van der Waals surface area (Å²) in [7, 11) is 1.94. The summed E-state index contributed by atoms with van der Waals surface area (Å²) in [6.07, 6.45) is 3.71. The van der Waals surface area contributed by atoms with E-state index in [9.17, 15) is 4.79 Å². The molecule has 35 heavy (non-hydrogen) atoms. The zero-order valence-electron chi connectivity index (χ0n) is 20.3. The predicted molar refractivity (Wildman–Crippen MR) is 144 cm³/mol. The third-order valence-electron chi connectivity index (χ3n) is 6.55. The molecule has 0 spiro atoms. The molecule has 3 N–H and O–H groups in total. The molecule has 180 valence electrons. The van der Waals surface area contributed by atoms with Crippen LogP contribution in [-0.2, 0) is 0 Å². The molecule has 2 heterocycles. The molecular weight excluding hydrogens is 436 g/mol. The number of hydrogen-bond donors (Lipinski definition) is 3. The zero-order chi connectivity index (χ0) is 24.2. The maximum absolute atomic E-state index is 13.8. The molecule has 0 saturated heterocycles. The molecule has 1 atom stereocenters. The Morgan fingerprint density at radius 1 is 1.11 bits per heavy atom. The second-order valence-corrected chi connectivity index (χ2v) is 9.10. The molecule has 1 aliphatic heterocycles. The molecule has 6 nitrogen and oxygen atoms in total. The van der Waals surface area contributed by atoms with Gasteiger partial charge in [-0.25, -0.2) is 0 Å². The fourth-order valence-corrected chi connectivity index (χ4v) is 4.64. The number of H-pyrrole nitrogens is 1. The fourth-order valence-electron chi connectivity index (χ4n) is 4.64. The average molecular weight is 469 g/mol. The predicted octanol–water partition coefficient (Wildman–Crippen LogP) is 5.67. The highest BCUT2D eigenvalue weighted by Crippen LogP contribution is 2.35. The van der Waals surface area contributed by atoms with Gasteiger partial charge in [-0.3, -0.25) is 4.79 Å². The van der Waals surface area contributed by atoms with Crippen molar-refractivity contribution >= 4 is 28.2 Å². The van der Waals surface area contributed by atoms with Crippen molar-refractivity contribution in [3.63, 3.8) is 0 Å². The number of para-hydroxylation sites is 2. The average Bonchev–Trinajstić information content (AvgIpc) is 3.28. The van der Waals surface area contributed by atoms with Crippen LogP contribution in [0.2, 0.25) is 0 Å². The quantitative estimate of drug-likeness (QED) is 0.306. The number of ether oxygens (including phenoxy) is 1. The van der Waals surface area contributed by atoms with Gasteiger partial charge in [0, 0.05) is 35.4 Å². The van der Waals surface area contributed by atoms with Gasteiger partial charge >= 0.3 is 0 Å². The Balaban J connectivity index is 1.50. The Bertz CT molecular complexity index is 1330. The smallest absolute Gasteiger partial charge is 0.258 e. The normalized spacial score (nSPS) is 15.4. The van der Waals surface area contributed by atoms with Gasteiger partial charge < -0.3 is 25.3 Å². The van der Waals surface area contributed by atoms with Crippen LogP contribution in [0.4, 0.5) is 11.4 Å². The van der Waals surface area contributed by atoms with Gasteiger partial charge in [0.15, 0.2) is 0 Å². The number of benzene rings is 3. The van der Waals surface area contributed by atoms with Gasteiger partial charge in [0.2, 0.25) is 0 Å². The Kier molecular flexibility index (Phi) is 6.73. The largest absolute Gasteiger partial charge is 0.493 e. The second kappa shape index (κ2) is 10.2. The van der Waals surface area contributed by atoms with Gasteiger partial charge in [-0.2, -0.15) is 0 Å². The Hall–Kier alpha value is -3.77. The summed E-state index contributed by atoms with van der Waals surface area (Å²) < 4.78 is 6.25. The minimum absolute atomic E-state index is 0.0129. The molecule has 3 aromatic carbocycles. The van der Waals surface area contributed by atoms with E-state index in [2.05, 4.69) is 46.8 Å². The lowest BCUT2D eigenvalue weighted by Crippen LogP contribution is -2.32. The standard InChI is InChI=1S/C29H32N4O2/c1-20-13-16-33(27-7-4-3-6-26(27)32-20)29(34)23-8-10-24(28(19-23)35-17-5-14-30-2)21-9-11-25-22(18-21)12-15-31-25/h3-4,6-12,15,18-20,30-32H,5,13-14,16-17H2,1-2H3/t20-/m0/s1. The molecule has 0 aliphatic carbocycles. The number of anilines is 2. The summed E-state index contributed by atoms with van der Waals surface area (Å²) in [6.45, 7) is 4.26. The van der Waals surface area contributed by atoms with Crippen LogP contribution in [0.1, 0.15) is 30.1 Å². The molecule has 6 heteroatoms. The van der Waals surface area contributed by atoms with E-state index < -0.39 is 0 Å². The van der Waals surface area contributed by atoms with Crippen molar-refractivity contribution in [1.82, 2.24) is 10.3 Å². The first-order chi connectivity index (χ1) is 17.1. The van der Waals surface area contributed by atoms with Crippen molar-refractivity contribution in [1.29, 1.82) is 0 Å². The maximum atomic E-state index is 13.8. The van der Waals surface area contributed by atoms with Crippen LogP contribution in [0.5, 0.6) is 5.75 Å². The van der Waals surface area contributed by atoms with Crippen LogP contribution in [0, 0.1) is 0 Å². The van der Waals surface area contributed by atoms with Crippen LogP contribution in [0.3, 0.4) is 0 Å². The topological polar surface area (TPSA) is 69.4 Å². The summed E-state index contributed by atoms with van der Waals surface area (Å²) in [4.78, 5) is 18.9. The van der Waals surface area contributed by atoms with Crippen molar-refractivity contribution in [3.05, 3.63) is 78.5 Å². The first-order valence-electron chi connectivity index (χ1n) is 12.3. The highest BCUT2D eigenvalue weighted by molar-refractivity contribution is 6.08. The van der Waals surface area contributed by atoms with Crippen molar-refractivity contribution < 1.29 is 9.53 Å². The molecule has 1 aromatic heterocycles. The molecule has 0 bridgehead atoms.